The standard InChI is InChI=1S/C74H103ClF6N12O12/c1-14-22-52-62(97)83-60(44(5)15-2)68(103)87(9)42-59(96)89(11)53-23-19-18-20-36-92(67(53)102)55(38-46-24-28-48(29-25-46)73(76,77)78)66(101)86(8)41-57(94)82-51(31-27-45-26-30-49(50(75)37-45)74(79,80)81)64(99)93-43-71(34-35-71)40-56(93)63(98)84-72(32-21-33-72)70(105)91(13)61(47(16-3)17-4)69(104)90(12)54(65(100)85(6)7)39-58(95)88(52)10/h18-19,24-26,28-30,37,44,47,51-56,60-61H,14-17,20-23,27,31-36,38-43H2,1-13H3,(H,82,94)(H,83,97)(H,84,98)/b19-18-/t44-,51-,52-,53-,54-,55-,56-,60-,61-/m0/s1. The zero-order chi connectivity index (χ0) is 78.1. The van der Waals surface area contributed by atoms with Crippen LogP contribution in [0.25, 0.3) is 0 Å². The lowest BCUT2D eigenvalue weighted by Gasteiger charge is -2.47. The van der Waals surface area contributed by atoms with E-state index >= 15 is 28.8 Å². The first-order chi connectivity index (χ1) is 49.2. The van der Waals surface area contributed by atoms with Crippen LogP contribution in [0.4, 0.5) is 26.3 Å². The summed E-state index contributed by atoms with van der Waals surface area (Å²) >= 11 is 6.17. The number of amides is 12. The number of hydrogen-bond donors (Lipinski definition) is 3. The maximum Gasteiger partial charge on any atom is 0.417 e. The summed E-state index contributed by atoms with van der Waals surface area (Å²) in [4.78, 5) is 191. The fourth-order valence-corrected chi connectivity index (χ4v) is 15.0. The number of alkyl halides is 6. The average molecular weight is 1500 g/mol. The Morgan fingerprint density at radius 2 is 1.28 bits per heavy atom. The number of halogens is 7. The molecular weight excluding hydrogens is 1400 g/mol. The van der Waals surface area contributed by atoms with Gasteiger partial charge in [0.15, 0.2) is 0 Å². The van der Waals surface area contributed by atoms with Crippen molar-refractivity contribution in [3.05, 3.63) is 81.9 Å². The van der Waals surface area contributed by atoms with Crippen molar-refractivity contribution < 1.29 is 83.9 Å². The van der Waals surface area contributed by atoms with Gasteiger partial charge in [-0.1, -0.05) is 102 Å². The zero-order valence-corrected chi connectivity index (χ0v) is 63.1. The molecule has 2 aliphatic carbocycles. The highest BCUT2D eigenvalue weighted by Gasteiger charge is 2.58. The van der Waals surface area contributed by atoms with Crippen molar-refractivity contribution >= 4 is 82.5 Å². The summed E-state index contributed by atoms with van der Waals surface area (Å²) in [6.45, 7) is 7.24. The van der Waals surface area contributed by atoms with Crippen LogP contribution >= 0.6 is 11.6 Å². The number of hydrogen-bond acceptors (Lipinski definition) is 12. The number of carbonyl (C=O) groups is 12. The number of fused-ring (bicyclic) bond motifs is 3. The number of nitrogens with one attached hydrogen (secondary N) is 3. The Hall–Kier alpha value is -8.31. The molecule has 12 amide bonds. The molecule has 3 N–H and O–H groups in total. The van der Waals surface area contributed by atoms with Gasteiger partial charge in [-0.15, -0.1) is 0 Å². The maximum atomic E-state index is 15.5. The molecule has 2 saturated heterocycles. The summed E-state index contributed by atoms with van der Waals surface area (Å²) in [5.41, 5.74) is -3.93. The van der Waals surface area contributed by atoms with Crippen LogP contribution in [0.3, 0.4) is 0 Å². The summed E-state index contributed by atoms with van der Waals surface area (Å²) in [6.07, 6.45) is -4.27. The molecule has 0 unspecified atom stereocenters. The van der Waals surface area contributed by atoms with Gasteiger partial charge < -0.3 is 60.0 Å². The molecule has 5 aliphatic rings. The van der Waals surface area contributed by atoms with Crippen LogP contribution in [0.15, 0.2) is 54.6 Å². The fraction of sp³-hybridized carbons (Fsp3) is 0.649. The molecule has 0 aromatic heterocycles. The second kappa shape index (κ2) is 34.9. The molecule has 9 atom stereocenters. The SMILES string of the molecule is CCC[C@H]1C(=O)N[C@@H]([C@@H](C)CC)C(=O)N(C)CC(=O)N(C)[C@H]2C/C=C\CCN(C2=O)[C@@H](Cc2ccc(C(F)(F)F)cc2)C(=O)N(C)CC(=O)N[C@@H](CCc2ccc(C(F)(F)F)c(Cl)c2)C(=O)N2CC3(CC3)C[C@H]2C(=O)NC2(CCC2)C(=O)N(C)[C@@H](C(CC)CC)C(=O)N(C)[C@H](C(=O)N(C)C)CC(=O)N1C. The van der Waals surface area contributed by atoms with E-state index < -0.39 is 196 Å². The van der Waals surface area contributed by atoms with Gasteiger partial charge in [-0.05, 0) is 123 Å². The van der Waals surface area contributed by atoms with Gasteiger partial charge in [0.25, 0.3) is 0 Å². The highest BCUT2D eigenvalue weighted by molar-refractivity contribution is 6.31. The average Bonchev–Trinajstić information content (AvgIpc) is 1.59. The predicted octanol–water partition coefficient (Wildman–Crippen LogP) is 6.49. The fourth-order valence-electron chi connectivity index (χ4n) is 14.7. The van der Waals surface area contributed by atoms with E-state index in [1.807, 2.05) is 13.8 Å². The van der Waals surface area contributed by atoms with Gasteiger partial charge in [-0.2, -0.15) is 26.3 Å². The Balaban J connectivity index is 1.33. The van der Waals surface area contributed by atoms with Crippen molar-refractivity contribution in [3.8, 4) is 0 Å². The van der Waals surface area contributed by atoms with Crippen molar-refractivity contribution in [1.82, 2.24) is 60.0 Å². The molecular formula is C74H103ClF6N12O12. The van der Waals surface area contributed by atoms with Gasteiger partial charge in [0.2, 0.25) is 70.9 Å². The monoisotopic (exact) mass is 1500 g/mol. The first kappa shape index (κ1) is 84.0. The van der Waals surface area contributed by atoms with Crippen LogP contribution in [0.1, 0.15) is 153 Å². The first-order valence-electron chi connectivity index (χ1n) is 36.2. The Kier molecular flexibility index (Phi) is 27.9. The summed E-state index contributed by atoms with van der Waals surface area (Å²) < 4.78 is 83.7. The smallest absolute Gasteiger partial charge is 0.347 e. The van der Waals surface area contributed by atoms with E-state index in [-0.39, 0.29) is 75.6 Å². The van der Waals surface area contributed by atoms with Crippen LogP contribution in [0.2, 0.25) is 5.02 Å². The van der Waals surface area contributed by atoms with Gasteiger partial charge in [-0.25, -0.2) is 0 Å². The topological polar surface area (TPSA) is 270 Å². The van der Waals surface area contributed by atoms with E-state index in [0.29, 0.717) is 44.9 Å². The molecule has 2 saturated carbocycles. The lowest BCUT2D eigenvalue weighted by atomic mass is 9.74. The molecule has 2 aromatic rings. The molecule has 4 fully saturated rings. The molecule has 105 heavy (non-hydrogen) atoms. The summed E-state index contributed by atoms with van der Waals surface area (Å²) in [5, 5.41) is 7.90. The van der Waals surface area contributed by atoms with Gasteiger partial charge in [0, 0.05) is 75.9 Å². The third kappa shape index (κ3) is 19.7. The third-order valence-corrected chi connectivity index (χ3v) is 22.3. The van der Waals surface area contributed by atoms with Crippen LogP contribution in [0.5, 0.6) is 0 Å². The maximum absolute atomic E-state index is 15.5. The van der Waals surface area contributed by atoms with Crippen molar-refractivity contribution in [2.45, 2.75) is 210 Å². The molecule has 31 heteroatoms. The van der Waals surface area contributed by atoms with E-state index in [0.717, 1.165) is 67.0 Å². The van der Waals surface area contributed by atoms with E-state index in [4.69, 9.17) is 11.6 Å². The molecule has 580 valence electrons. The summed E-state index contributed by atoms with van der Waals surface area (Å²) in [7, 11) is 10.9. The number of rotatable bonds is 13. The number of carbonyl (C=O) groups excluding carboxylic acids is 12. The number of nitrogens with zero attached hydrogens (tertiary/aromatic N) is 9. The normalized spacial score (nSPS) is 25.7. The number of benzene rings is 2. The molecule has 2 aromatic carbocycles. The summed E-state index contributed by atoms with van der Waals surface area (Å²) in [6, 6.07) is -4.20. The van der Waals surface area contributed by atoms with Crippen LogP contribution in [0, 0.1) is 17.3 Å². The number of likely N-dealkylation sites (N-methyl/N-ethyl adjacent to an activating group) is 7. The molecule has 2 bridgehead atoms. The largest absolute Gasteiger partial charge is 0.417 e. The Labute approximate surface area is 615 Å². The van der Waals surface area contributed by atoms with Gasteiger partial charge >= 0.3 is 12.4 Å². The van der Waals surface area contributed by atoms with Crippen LogP contribution in [-0.4, -0.2) is 251 Å². The van der Waals surface area contributed by atoms with Crippen LogP contribution < -0.4 is 16.0 Å². The van der Waals surface area contributed by atoms with E-state index in [2.05, 4.69) is 16.0 Å². The highest BCUT2D eigenvalue weighted by Crippen LogP contribution is 2.55. The van der Waals surface area contributed by atoms with Crippen molar-refractivity contribution in [3.63, 3.8) is 0 Å². The summed E-state index contributed by atoms with van der Waals surface area (Å²) in [5.74, 6) is -10.3. The molecule has 24 nitrogen and oxygen atoms in total. The van der Waals surface area contributed by atoms with Gasteiger partial charge in [0.05, 0.1) is 35.7 Å². The van der Waals surface area contributed by atoms with Crippen molar-refractivity contribution in [1.29, 1.82) is 0 Å². The second-order valence-corrected chi connectivity index (χ2v) is 29.9. The van der Waals surface area contributed by atoms with E-state index in [1.54, 1.807) is 32.9 Å². The number of aryl methyl sites for hydroxylation is 1. The quantitative estimate of drug-likeness (QED) is 0.144. The Bertz CT molecular complexity index is 3580. The predicted molar refractivity (Wildman–Crippen MR) is 377 cm³/mol. The third-order valence-electron chi connectivity index (χ3n) is 22.0. The first-order valence-corrected chi connectivity index (χ1v) is 36.5. The Morgan fingerprint density at radius 1 is 0.648 bits per heavy atom. The minimum Gasteiger partial charge on any atom is -0.347 e. The minimum absolute atomic E-state index is 0.0107. The lowest BCUT2D eigenvalue weighted by Crippen LogP contribution is -2.68. The molecule has 3 aliphatic heterocycles. The zero-order valence-electron chi connectivity index (χ0n) is 62.4. The molecule has 2 spiro atoms. The van der Waals surface area contributed by atoms with Crippen LogP contribution in [-0.2, 0) is 82.7 Å². The van der Waals surface area contributed by atoms with E-state index in [9.17, 15) is 55.1 Å². The molecule has 7 rings (SSSR count). The molecule has 0 radical (unpaired) electrons. The lowest BCUT2D eigenvalue weighted by molar-refractivity contribution is -0.158. The van der Waals surface area contributed by atoms with E-state index in [1.165, 1.54) is 76.0 Å². The van der Waals surface area contributed by atoms with Gasteiger partial charge in [-0.3, -0.25) is 57.5 Å². The second-order valence-electron chi connectivity index (χ2n) is 29.5. The molecule has 3 heterocycles. The minimum atomic E-state index is -4.82. The van der Waals surface area contributed by atoms with Crippen molar-refractivity contribution in [2.24, 2.45) is 17.3 Å². The Morgan fingerprint density at radius 3 is 1.83 bits per heavy atom. The highest BCUT2D eigenvalue weighted by atomic mass is 35.5. The van der Waals surface area contributed by atoms with Crippen molar-refractivity contribution in [2.75, 3.05) is 82.6 Å². The van der Waals surface area contributed by atoms with Gasteiger partial charge in [0.1, 0.15) is 53.9 Å².